The highest BCUT2D eigenvalue weighted by Gasteiger charge is 2.17. The zero-order chi connectivity index (χ0) is 13.5. The Bertz CT molecular complexity index is 466. The summed E-state index contributed by atoms with van der Waals surface area (Å²) in [5.41, 5.74) is 0. The minimum absolute atomic E-state index is 0.222. The first-order valence-corrected chi connectivity index (χ1v) is 7.49. The van der Waals surface area contributed by atoms with Crippen molar-refractivity contribution < 1.29 is 0 Å². The van der Waals surface area contributed by atoms with Gasteiger partial charge in [0.2, 0.25) is 0 Å². The van der Waals surface area contributed by atoms with Gasteiger partial charge in [0.1, 0.15) is 12.2 Å². The zero-order valence-corrected chi connectivity index (χ0v) is 12.2. The van der Waals surface area contributed by atoms with Crippen LogP contribution in [0.3, 0.4) is 0 Å². The third kappa shape index (κ3) is 3.81. The van der Waals surface area contributed by atoms with Gasteiger partial charge in [0.05, 0.1) is 17.1 Å². The Morgan fingerprint density at radius 3 is 2.95 bits per heavy atom. The number of hydrogen-bond acceptors (Lipinski definition) is 6. The third-order valence-corrected chi connectivity index (χ3v) is 3.66. The number of aryl methyl sites for hydroxylation is 1. The molecule has 0 bridgehead atoms. The summed E-state index contributed by atoms with van der Waals surface area (Å²) < 4.78 is 5.93. The SMILES string of the molecule is CCCNC(Cc1ncnn1CCC)c1cnns1. The van der Waals surface area contributed by atoms with Gasteiger partial charge in [0.25, 0.3) is 0 Å². The molecule has 0 aliphatic carbocycles. The van der Waals surface area contributed by atoms with Crippen molar-refractivity contribution in [2.24, 2.45) is 0 Å². The van der Waals surface area contributed by atoms with E-state index in [1.807, 2.05) is 10.9 Å². The molecule has 2 aromatic rings. The Hall–Kier alpha value is -1.34. The lowest BCUT2D eigenvalue weighted by Crippen LogP contribution is -2.25. The van der Waals surface area contributed by atoms with Crippen molar-refractivity contribution in [1.82, 2.24) is 29.7 Å². The molecule has 2 aromatic heterocycles. The van der Waals surface area contributed by atoms with Gasteiger partial charge in [-0.3, -0.25) is 4.68 Å². The van der Waals surface area contributed by atoms with E-state index in [1.54, 1.807) is 6.33 Å². The number of hydrogen-bond donors (Lipinski definition) is 1. The van der Waals surface area contributed by atoms with Gasteiger partial charge in [0.15, 0.2) is 0 Å². The van der Waals surface area contributed by atoms with Crippen molar-refractivity contribution in [3.8, 4) is 0 Å². The molecular formula is C12H20N6S. The van der Waals surface area contributed by atoms with Crippen LogP contribution in [-0.4, -0.2) is 30.9 Å². The summed E-state index contributed by atoms with van der Waals surface area (Å²) in [7, 11) is 0. The highest BCUT2D eigenvalue weighted by Crippen LogP contribution is 2.19. The zero-order valence-electron chi connectivity index (χ0n) is 11.4. The van der Waals surface area contributed by atoms with E-state index in [2.05, 4.69) is 38.8 Å². The van der Waals surface area contributed by atoms with Gasteiger partial charge >= 0.3 is 0 Å². The maximum atomic E-state index is 4.37. The molecule has 1 N–H and O–H groups in total. The van der Waals surface area contributed by atoms with E-state index in [1.165, 1.54) is 11.5 Å². The molecule has 7 heteroatoms. The topological polar surface area (TPSA) is 68.5 Å². The van der Waals surface area contributed by atoms with Gasteiger partial charge < -0.3 is 5.32 Å². The molecule has 0 aliphatic rings. The van der Waals surface area contributed by atoms with Crippen LogP contribution in [0.1, 0.15) is 43.4 Å². The van der Waals surface area contributed by atoms with Crippen molar-refractivity contribution in [3.05, 3.63) is 23.2 Å². The van der Waals surface area contributed by atoms with Crippen molar-refractivity contribution in [3.63, 3.8) is 0 Å². The van der Waals surface area contributed by atoms with Crippen molar-refractivity contribution >= 4 is 11.5 Å². The molecule has 104 valence electrons. The van der Waals surface area contributed by atoms with Crippen LogP contribution in [0.15, 0.2) is 12.5 Å². The van der Waals surface area contributed by atoms with E-state index >= 15 is 0 Å². The van der Waals surface area contributed by atoms with Crippen LogP contribution in [-0.2, 0) is 13.0 Å². The smallest absolute Gasteiger partial charge is 0.138 e. The van der Waals surface area contributed by atoms with E-state index in [-0.39, 0.29) is 6.04 Å². The Morgan fingerprint density at radius 1 is 1.37 bits per heavy atom. The summed E-state index contributed by atoms with van der Waals surface area (Å²) >= 11 is 1.44. The first-order chi connectivity index (χ1) is 9.35. The monoisotopic (exact) mass is 280 g/mol. The second kappa shape index (κ2) is 7.30. The van der Waals surface area contributed by atoms with Crippen LogP contribution in [0.4, 0.5) is 0 Å². The quantitative estimate of drug-likeness (QED) is 0.799. The number of aromatic nitrogens is 5. The summed E-state index contributed by atoms with van der Waals surface area (Å²) in [6, 6.07) is 0.222. The van der Waals surface area contributed by atoms with Crippen LogP contribution in [0.25, 0.3) is 0 Å². The lowest BCUT2D eigenvalue weighted by atomic mass is 10.1. The molecule has 0 amide bonds. The van der Waals surface area contributed by atoms with Crippen molar-refractivity contribution in [1.29, 1.82) is 0 Å². The molecule has 0 saturated carbocycles. The number of nitrogens with one attached hydrogen (secondary N) is 1. The van der Waals surface area contributed by atoms with Crippen LogP contribution in [0.2, 0.25) is 0 Å². The molecule has 19 heavy (non-hydrogen) atoms. The van der Waals surface area contributed by atoms with Gasteiger partial charge in [-0.1, -0.05) is 18.3 Å². The Balaban J connectivity index is 2.08. The molecule has 0 saturated heterocycles. The molecule has 6 nitrogen and oxygen atoms in total. The average molecular weight is 280 g/mol. The van der Waals surface area contributed by atoms with Gasteiger partial charge in [0, 0.05) is 13.0 Å². The van der Waals surface area contributed by atoms with Gasteiger partial charge in [-0.15, -0.1) is 5.10 Å². The first-order valence-electron chi connectivity index (χ1n) is 6.72. The molecule has 1 unspecified atom stereocenters. The largest absolute Gasteiger partial charge is 0.309 e. The summed E-state index contributed by atoms with van der Waals surface area (Å²) in [6.07, 6.45) is 6.45. The molecule has 0 aromatic carbocycles. The Morgan fingerprint density at radius 2 is 2.26 bits per heavy atom. The van der Waals surface area contributed by atoms with Crippen LogP contribution < -0.4 is 5.32 Å². The molecule has 0 spiro atoms. The molecule has 1 atom stereocenters. The van der Waals surface area contributed by atoms with Gasteiger partial charge in [-0.2, -0.15) is 5.10 Å². The summed E-state index contributed by atoms with van der Waals surface area (Å²) in [4.78, 5) is 5.52. The lowest BCUT2D eigenvalue weighted by Gasteiger charge is -2.16. The van der Waals surface area contributed by atoms with Crippen molar-refractivity contribution in [2.75, 3.05) is 6.54 Å². The predicted molar refractivity (Wildman–Crippen MR) is 75.0 cm³/mol. The first kappa shape index (κ1) is 14.1. The van der Waals surface area contributed by atoms with E-state index < -0.39 is 0 Å². The molecule has 2 heterocycles. The Kier molecular flexibility index (Phi) is 5.41. The van der Waals surface area contributed by atoms with Crippen LogP contribution in [0, 0.1) is 0 Å². The van der Waals surface area contributed by atoms with E-state index in [9.17, 15) is 0 Å². The van der Waals surface area contributed by atoms with E-state index in [0.29, 0.717) is 0 Å². The second-order valence-electron chi connectivity index (χ2n) is 4.43. The third-order valence-electron chi connectivity index (χ3n) is 2.88. The fraction of sp³-hybridized carbons (Fsp3) is 0.667. The summed E-state index contributed by atoms with van der Waals surface area (Å²) in [5.74, 6) is 1.02. The maximum absolute atomic E-state index is 4.37. The van der Waals surface area contributed by atoms with E-state index in [0.717, 1.165) is 43.1 Å². The maximum Gasteiger partial charge on any atom is 0.138 e. The summed E-state index contributed by atoms with van der Waals surface area (Å²) in [6.45, 7) is 6.20. The molecule has 0 radical (unpaired) electrons. The van der Waals surface area contributed by atoms with Gasteiger partial charge in [-0.25, -0.2) is 4.98 Å². The summed E-state index contributed by atoms with van der Waals surface area (Å²) in [5, 5.41) is 11.7. The fourth-order valence-electron chi connectivity index (χ4n) is 1.95. The number of rotatable bonds is 8. The number of nitrogens with zero attached hydrogens (tertiary/aromatic N) is 5. The molecule has 2 rings (SSSR count). The molecule has 0 aliphatic heterocycles. The minimum atomic E-state index is 0.222. The van der Waals surface area contributed by atoms with Crippen LogP contribution >= 0.6 is 11.5 Å². The standard InChI is InChI=1S/C12H20N6S/c1-3-5-13-10(11-8-15-17-19-11)7-12-14-9-16-18(12)6-4-2/h8-10,13H,3-7H2,1-2H3. The molecular weight excluding hydrogens is 260 g/mol. The minimum Gasteiger partial charge on any atom is -0.309 e. The van der Waals surface area contributed by atoms with Gasteiger partial charge in [-0.05, 0) is 30.9 Å². The average Bonchev–Trinajstić information content (AvgIpc) is 3.06. The fourth-order valence-corrected chi connectivity index (χ4v) is 2.52. The van der Waals surface area contributed by atoms with Crippen LogP contribution in [0.5, 0.6) is 0 Å². The normalized spacial score (nSPS) is 12.7. The highest BCUT2D eigenvalue weighted by molar-refractivity contribution is 7.05. The highest BCUT2D eigenvalue weighted by atomic mass is 32.1. The predicted octanol–water partition coefficient (Wildman–Crippen LogP) is 1.82. The van der Waals surface area contributed by atoms with Crippen molar-refractivity contribution in [2.45, 2.75) is 45.7 Å². The van der Waals surface area contributed by atoms with E-state index in [4.69, 9.17) is 0 Å². The molecule has 0 fully saturated rings. The second-order valence-corrected chi connectivity index (χ2v) is 5.25. The lowest BCUT2D eigenvalue weighted by molar-refractivity contribution is 0.493. The Labute approximate surface area is 117 Å².